The summed E-state index contributed by atoms with van der Waals surface area (Å²) >= 11 is 0. The van der Waals surface area contributed by atoms with Crippen LogP contribution in [0.25, 0.3) is 0 Å². The number of hydrogen-bond donors (Lipinski definition) is 3. The third-order valence-corrected chi connectivity index (χ3v) is 7.76. The van der Waals surface area contributed by atoms with Crippen molar-refractivity contribution in [2.24, 2.45) is 5.92 Å². The lowest BCUT2D eigenvalue weighted by molar-refractivity contribution is -0.142. The molecule has 1 saturated carbocycles. The summed E-state index contributed by atoms with van der Waals surface area (Å²) in [5.74, 6) is -0.958. The summed E-state index contributed by atoms with van der Waals surface area (Å²) in [7, 11) is 2.11. The highest BCUT2D eigenvalue weighted by atomic mass is 19.4. The zero-order chi connectivity index (χ0) is 26.6. The average molecular weight is 519 g/mol. The Kier molecular flexibility index (Phi) is 8.46. The molecule has 202 valence electrons. The number of anilines is 2. The number of hydrogen-bond acceptors (Lipinski definition) is 5. The number of alkyl halides is 3. The maximum absolute atomic E-state index is 13.5. The van der Waals surface area contributed by atoms with Gasteiger partial charge in [0, 0.05) is 50.5 Å². The van der Waals surface area contributed by atoms with Crippen LogP contribution in [0.15, 0.2) is 42.5 Å². The van der Waals surface area contributed by atoms with E-state index in [-0.39, 0.29) is 18.0 Å². The van der Waals surface area contributed by atoms with Crippen molar-refractivity contribution in [3.05, 3.63) is 59.2 Å². The first-order chi connectivity index (χ1) is 17.5. The number of carbonyl (C=O) groups is 1. The van der Waals surface area contributed by atoms with Crippen LogP contribution in [0.2, 0.25) is 0 Å². The number of nitrogens with zero attached hydrogens (tertiary/aromatic N) is 2. The predicted molar refractivity (Wildman–Crippen MR) is 139 cm³/mol. The molecule has 2 fully saturated rings. The molecule has 1 aliphatic heterocycles. The number of rotatable bonds is 7. The number of nitrogens with one attached hydrogen (secondary N) is 1. The summed E-state index contributed by atoms with van der Waals surface area (Å²) in [6.45, 7) is 4.79. The van der Waals surface area contributed by atoms with Gasteiger partial charge in [0.2, 0.25) is 0 Å². The molecule has 6 nitrogen and oxygen atoms in total. The highest BCUT2D eigenvalue weighted by Gasteiger charge is 2.44. The lowest BCUT2D eigenvalue weighted by atomic mass is 9.73. The van der Waals surface area contributed by atoms with Gasteiger partial charge in [-0.2, -0.15) is 13.2 Å². The minimum atomic E-state index is -4.64. The number of nitrogens with two attached hydrogens (primary N) is 1. The molecule has 1 saturated heterocycles. The van der Waals surface area contributed by atoms with E-state index in [0.717, 1.165) is 75.2 Å². The van der Waals surface area contributed by atoms with Gasteiger partial charge in [-0.05, 0) is 55.1 Å². The maximum Gasteiger partial charge on any atom is 0.418 e. The van der Waals surface area contributed by atoms with Crippen molar-refractivity contribution in [2.45, 2.75) is 56.8 Å². The normalized spacial score (nSPS) is 19.9. The largest absolute Gasteiger partial charge is 0.418 e. The number of likely N-dealkylation sites (N-methyl/N-ethyl adjacent to an activating group) is 1. The number of carbonyl (C=O) groups excluding carboxylic acids is 1. The van der Waals surface area contributed by atoms with Crippen LogP contribution in [0, 0.1) is 5.92 Å². The molecular weight excluding hydrogens is 481 g/mol. The van der Waals surface area contributed by atoms with Crippen molar-refractivity contribution in [2.75, 3.05) is 44.3 Å². The van der Waals surface area contributed by atoms with Crippen LogP contribution in [0.1, 0.15) is 48.8 Å². The van der Waals surface area contributed by atoms with Crippen LogP contribution in [0.4, 0.5) is 24.5 Å². The SMILES string of the molecule is CN1CCN(Cc2cccc(CC(O)(C(=O)Nc3ccc(N)c(C(F)(F)F)c3)C3CCCCC3)c2)CC1. The van der Waals surface area contributed by atoms with Crippen LogP contribution in [-0.4, -0.2) is 59.6 Å². The second kappa shape index (κ2) is 11.4. The third kappa shape index (κ3) is 6.83. The smallest absolute Gasteiger partial charge is 0.398 e. The number of amides is 1. The summed E-state index contributed by atoms with van der Waals surface area (Å²) in [6.07, 6.45) is -0.300. The van der Waals surface area contributed by atoms with Crippen LogP contribution in [0.3, 0.4) is 0 Å². The molecule has 2 aromatic rings. The fourth-order valence-electron chi connectivity index (χ4n) is 5.52. The monoisotopic (exact) mass is 518 g/mol. The Morgan fingerprint density at radius 1 is 1.03 bits per heavy atom. The van der Waals surface area contributed by atoms with E-state index in [4.69, 9.17) is 5.73 Å². The molecule has 1 unspecified atom stereocenters. The number of halogens is 3. The summed E-state index contributed by atoms with van der Waals surface area (Å²) < 4.78 is 40.1. The molecule has 0 radical (unpaired) electrons. The van der Waals surface area contributed by atoms with Crippen LogP contribution in [-0.2, 0) is 23.9 Å². The van der Waals surface area contributed by atoms with Gasteiger partial charge >= 0.3 is 6.18 Å². The third-order valence-electron chi connectivity index (χ3n) is 7.76. The molecule has 37 heavy (non-hydrogen) atoms. The maximum atomic E-state index is 13.5. The second-order valence-electron chi connectivity index (χ2n) is 10.6. The molecule has 0 spiro atoms. The Balaban J connectivity index is 1.55. The van der Waals surface area contributed by atoms with Crippen molar-refractivity contribution in [1.82, 2.24) is 9.80 Å². The number of benzene rings is 2. The van der Waals surface area contributed by atoms with Crippen LogP contribution in [0.5, 0.6) is 0 Å². The highest BCUT2D eigenvalue weighted by Crippen LogP contribution is 2.38. The standard InChI is InChI=1S/C28H37F3N4O2/c1-34-12-14-35(15-13-34)19-21-7-5-6-20(16-21)18-27(37,22-8-3-2-4-9-22)26(36)33-23-10-11-25(32)24(17-23)28(29,30)31/h5-7,10-11,16-17,22,37H,2-4,8-9,12-15,18-19,32H2,1H3,(H,33,36). The summed E-state index contributed by atoms with van der Waals surface area (Å²) in [5.41, 5.74) is 4.26. The van der Waals surface area contributed by atoms with Gasteiger partial charge in [-0.15, -0.1) is 0 Å². The fraction of sp³-hybridized carbons (Fsp3) is 0.536. The van der Waals surface area contributed by atoms with E-state index in [1.807, 2.05) is 18.2 Å². The van der Waals surface area contributed by atoms with Gasteiger partial charge in [-0.1, -0.05) is 43.5 Å². The van der Waals surface area contributed by atoms with Crippen molar-refractivity contribution >= 4 is 17.3 Å². The number of piperazine rings is 1. The van der Waals surface area contributed by atoms with Crippen molar-refractivity contribution in [1.29, 1.82) is 0 Å². The van der Waals surface area contributed by atoms with E-state index in [0.29, 0.717) is 12.8 Å². The van der Waals surface area contributed by atoms with E-state index >= 15 is 0 Å². The van der Waals surface area contributed by atoms with Crippen molar-refractivity contribution < 1.29 is 23.1 Å². The average Bonchev–Trinajstić information content (AvgIpc) is 2.86. The van der Waals surface area contributed by atoms with E-state index in [9.17, 15) is 23.1 Å². The first-order valence-electron chi connectivity index (χ1n) is 13.0. The lowest BCUT2D eigenvalue weighted by Crippen LogP contribution is -2.51. The molecule has 4 N–H and O–H groups in total. The van der Waals surface area contributed by atoms with Gasteiger partial charge in [-0.3, -0.25) is 9.69 Å². The first-order valence-corrected chi connectivity index (χ1v) is 13.0. The Morgan fingerprint density at radius 3 is 2.38 bits per heavy atom. The van der Waals surface area contributed by atoms with Gasteiger partial charge in [0.05, 0.1) is 5.56 Å². The molecule has 0 aromatic heterocycles. The molecule has 2 aromatic carbocycles. The van der Waals surface area contributed by atoms with Crippen LogP contribution < -0.4 is 11.1 Å². The number of aliphatic hydroxyl groups is 1. The van der Waals surface area contributed by atoms with Gasteiger partial charge in [0.25, 0.3) is 5.91 Å². The molecule has 1 amide bonds. The summed E-state index contributed by atoms with van der Waals surface area (Å²) in [5, 5.41) is 14.4. The Bertz CT molecular complexity index is 1080. The minimum Gasteiger partial charge on any atom is -0.398 e. The number of nitrogen functional groups attached to an aromatic ring is 1. The van der Waals surface area contributed by atoms with Gasteiger partial charge in [0.1, 0.15) is 5.60 Å². The van der Waals surface area contributed by atoms with E-state index in [1.54, 1.807) is 0 Å². The summed E-state index contributed by atoms with van der Waals surface area (Å²) in [6, 6.07) is 11.2. The predicted octanol–water partition coefficient (Wildman–Crippen LogP) is 4.53. The summed E-state index contributed by atoms with van der Waals surface area (Å²) in [4.78, 5) is 18.2. The molecule has 1 atom stereocenters. The van der Waals surface area contributed by atoms with Crippen molar-refractivity contribution in [3.63, 3.8) is 0 Å². The minimum absolute atomic E-state index is 0.0374. The molecule has 4 rings (SSSR count). The fourth-order valence-corrected chi connectivity index (χ4v) is 5.52. The van der Waals surface area contributed by atoms with Gasteiger partial charge in [0.15, 0.2) is 0 Å². The molecule has 1 aliphatic carbocycles. The van der Waals surface area contributed by atoms with E-state index in [1.165, 1.54) is 6.07 Å². The topological polar surface area (TPSA) is 81.8 Å². The Labute approximate surface area is 216 Å². The van der Waals surface area contributed by atoms with Gasteiger partial charge < -0.3 is 21.1 Å². The van der Waals surface area contributed by atoms with E-state index in [2.05, 4.69) is 28.2 Å². The molecule has 1 heterocycles. The molecule has 9 heteroatoms. The quantitative estimate of drug-likeness (QED) is 0.470. The lowest BCUT2D eigenvalue weighted by Gasteiger charge is -2.37. The zero-order valence-corrected chi connectivity index (χ0v) is 21.4. The zero-order valence-electron chi connectivity index (χ0n) is 21.4. The van der Waals surface area contributed by atoms with Crippen molar-refractivity contribution in [3.8, 4) is 0 Å². The molecule has 0 bridgehead atoms. The Hall–Kier alpha value is -2.62. The van der Waals surface area contributed by atoms with Crippen LogP contribution >= 0.6 is 0 Å². The second-order valence-corrected chi connectivity index (χ2v) is 10.6. The van der Waals surface area contributed by atoms with Gasteiger partial charge in [-0.25, -0.2) is 0 Å². The highest BCUT2D eigenvalue weighted by molar-refractivity contribution is 5.98. The molecule has 2 aliphatic rings. The molecular formula is C28H37F3N4O2. The first kappa shape index (κ1) is 27.4. The Morgan fingerprint density at radius 2 is 1.70 bits per heavy atom. The van der Waals surface area contributed by atoms with E-state index < -0.39 is 28.9 Å².